The molecule has 0 bridgehead atoms. The molecule has 1 N–H and O–H groups in total. The standard InChI is InChI=1S/C26H37N3O5/c1-26(2)10-8-20(9-11-26)16-23(34-25(31)29-12-14-32-15-13-29)24(30)28-22(17-27)19-33-18-21-6-4-3-5-7-21/h3-7,20,22-23H,8-16,18-19H2,1-2H3,(H,28,30)/t22-,23+/m1/s1. The van der Waals surface area contributed by atoms with Gasteiger partial charge in [0, 0.05) is 13.1 Å². The normalized spacial score (nSPS) is 20.1. The number of nitrogens with one attached hydrogen (secondary N) is 1. The largest absolute Gasteiger partial charge is 0.436 e. The van der Waals surface area contributed by atoms with Crippen LogP contribution in [-0.2, 0) is 25.6 Å². The predicted molar refractivity (Wildman–Crippen MR) is 127 cm³/mol. The molecule has 3 rings (SSSR count). The summed E-state index contributed by atoms with van der Waals surface area (Å²) in [5.74, 6) is -0.141. The van der Waals surface area contributed by atoms with E-state index in [0.29, 0.717) is 50.7 Å². The average Bonchev–Trinajstić information content (AvgIpc) is 2.85. The minimum absolute atomic E-state index is 0.0544. The van der Waals surface area contributed by atoms with Gasteiger partial charge in [-0.1, -0.05) is 44.2 Å². The maximum absolute atomic E-state index is 13.1. The van der Waals surface area contributed by atoms with Crippen LogP contribution in [-0.4, -0.2) is 62.0 Å². The fraction of sp³-hybridized carbons (Fsp3) is 0.654. The summed E-state index contributed by atoms with van der Waals surface area (Å²) >= 11 is 0. The monoisotopic (exact) mass is 471 g/mol. The lowest BCUT2D eigenvalue weighted by Gasteiger charge is -2.36. The number of nitriles is 1. The Balaban J connectivity index is 1.57. The fourth-order valence-corrected chi connectivity index (χ4v) is 4.39. The van der Waals surface area contributed by atoms with Gasteiger partial charge in [-0.25, -0.2) is 4.79 Å². The number of nitrogens with zero attached hydrogens (tertiary/aromatic N) is 2. The van der Waals surface area contributed by atoms with Crippen molar-refractivity contribution in [3.8, 4) is 6.07 Å². The van der Waals surface area contributed by atoms with Gasteiger partial charge < -0.3 is 24.4 Å². The van der Waals surface area contributed by atoms with Crippen LogP contribution in [0.2, 0.25) is 0 Å². The van der Waals surface area contributed by atoms with Gasteiger partial charge in [-0.3, -0.25) is 4.79 Å². The van der Waals surface area contributed by atoms with Gasteiger partial charge in [0.1, 0.15) is 6.04 Å². The summed E-state index contributed by atoms with van der Waals surface area (Å²) in [5.41, 5.74) is 1.30. The molecule has 1 heterocycles. The van der Waals surface area contributed by atoms with Crippen molar-refractivity contribution in [2.24, 2.45) is 11.3 Å². The molecule has 0 spiro atoms. The molecule has 2 fully saturated rings. The minimum Gasteiger partial charge on any atom is -0.436 e. The Morgan fingerprint density at radius 3 is 2.53 bits per heavy atom. The summed E-state index contributed by atoms with van der Waals surface area (Å²) in [7, 11) is 0. The van der Waals surface area contributed by atoms with E-state index in [9.17, 15) is 14.9 Å². The summed E-state index contributed by atoms with van der Waals surface area (Å²) in [5, 5.41) is 12.3. The third kappa shape index (κ3) is 8.30. The zero-order valence-electron chi connectivity index (χ0n) is 20.3. The van der Waals surface area contributed by atoms with Crippen molar-refractivity contribution < 1.29 is 23.8 Å². The van der Waals surface area contributed by atoms with E-state index in [0.717, 1.165) is 31.2 Å². The molecule has 0 unspecified atom stereocenters. The molecule has 1 aliphatic heterocycles. The van der Waals surface area contributed by atoms with E-state index in [1.807, 2.05) is 30.3 Å². The molecule has 1 saturated carbocycles. The van der Waals surface area contributed by atoms with E-state index in [1.54, 1.807) is 4.90 Å². The van der Waals surface area contributed by atoms with E-state index in [2.05, 4.69) is 25.2 Å². The molecule has 8 nitrogen and oxygen atoms in total. The second-order valence-corrected chi connectivity index (χ2v) is 10.0. The maximum atomic E-state index is 13.1. The van der Waals surface area contributed by atoms with Crippen molar-refractivity contribution in [2.75, 3.05) is 32.9 Å². The summed E-state index contributed by atoms with van der Waals surface area (Å²) in [6.07, 6.45) is 3.16. The molecule has 8 heteroatoms. The summed E-state index contributed by atoms with van der Waals surface area (Å²) in [6, 6.07) is 10.9. The number of morpholine rings is 1. The molecule has 186 valence electrons. The van der Waals surface area contributed by atoms with Gasteiger partial charge in [0.15, 0.2) is 6.10 Å². The zero-order valence-corrected chi connectivity index (χ0v) is 20.3. The van der Waals surface area contributed by atoms with Crippen LogP contribution in [0, 0.1) is 22.7 Å². The van der Waals surface area contributed by atoms with Gasteiger partial charge in [-0.15, -0.1) is 0 Å². The molecule has 1 aliphatic carbocycles. The molecule has 0 aromatic heterocycles. The Bertz CT molecular complexity index is 823. The number of benzene rings is 1. The SMILES string of the molecule is CC1(C)CCC(C[C@H](OC(=O)N2CCOCC2)C(=O)N[C@H](C#N)COCc2ccccc2)CC1. The lowest BCUT2D eigenvalue weighted by atomic mass is 9.72. The first-order valence-corrected chi connectivity index (χ1v) is 12.2. The zero-order chi connectivity index (χ0) is 24.4. The van der Waals surface area contributed by atoms with Crippen LogP contribution >= 0.6 is 0 Å². The van der Waals surface area contributed by atoms with Crippen molar-refractivity contribution >= 4 is 12.0 Å². The topological polar surface area (TPSA) is 101 Å². The molecule has 2 aliphatic rings. The second-order valence-electron chi connectivity index (χ2n) is 10.0. The molecule has 1 saturated heterocycles. The lowest BCUT2D eigenvalue weighted by molar-refractivity contribution is -0.132. The molecule has 1 aromatic carbocycles. The van der Waals surface area contributed by atoms with Crippen molar-refractivity contribution in [1.82, 2.24) is 10.2 Å². The van der Waals surface area contributed by atoms with Crippen molar-refractivity contribution in [1.29, 1.82) is 5.26 Å². The third-order valence-electron chi connectivity index (χ3n) is 6.68. The smallest absolute Gasteiger partial charge is 0.410 e. The second kappa shape index (κ2) is 12.7. The first-order valence-electron chi connectivity index (χ1n) is 12.2. The summed E-state index contributed by atoms with van der Waals surface area (Å²) in [6.45, 7) is 6.73. The van der Waals surface area contributed by atoms with Crippen molar-refractivity contribution in [3.63, 3.8) is 0 Å². The molecule has 2 atom stereocenters. The Morgan fingerprint density at radius 2 is 1.88 bits per heavy atom. The summed E-state index contributed by atoms with van der Waals surface area (Å²) in [4.78, 5) is 27.4. The van der Waals surface area contributed by atoms with Gasteiger partial charge in [0.25, 0.3) is 5.91 Å². The Hall–Kier alpha value is -2.63. The number of hydrogen-bond donors (Lipinski definition) is 1. The number of rotatable bonds is 9. The molecular formula is C26H37N3O5. The number of carbonyl (C=O) groups excluding carboxylic acids is 2. The summed E-state index contributed by atoms with van der Waals surface area (Å²) < 4.78 is 16.6. The Labute approximate surface area is 202 Å². The van der Waals surface area contributed by atoms with Crippen LogP contribution in [0.3, 0.4) is 0 Å². The highest BCUT2D eigenvalue weighted by molar-refractivity contribution is 5.84. The highest BCUT2D eigenvalue weighted by atomic mass is 16.6. The number of carbonyl (C=O) groups is 2. The van der Waals surface area contributed by atoms with Crippen LogP contribution in [0.25, 0.3) is 0 Å². The molecule has 0 radical (unpaired) electrons. The van der Waals surface area contributed by atoms with E-state index in [4.69, 9.17) is 14.2 Å². The quantitative estimate of drug-likeness (QED) is 0.590. The average molecular weight is 472 g/mol. The highest BCUT2D eigenvalue weighted by Crippen LogP contribution is 2.39. The molecule has 34 heavy (non-hydrogen) atoms. The van der Waals surface area contributed by atoms with Crippen LogP contribution in [0.5, 0.6) is 0 Å². The van der Waals surface area contributed by atoms with Crippen LogP contribution in [0.1, 0.15) is 51.5 Å². The molecule has 1 aromatic rings. The fourth-order valence-electron chi connectivity index (χ4n) is 4.39. The predicted octanol–water partition coefficient (Wildman–Crippen LogP) is 3.66. The Kier molecular flexibility index (Phi) is 9.73. The van der Waals surface area contributed by atoms with E-state index in [-0.39, 0.29) is 6.61 Å². The molecular weight excluding hydrogens is 434 g/mol. The first kappa shape index (κ1) is 26.0. The van der Waals surface area contributed by atoms with Gasteiger partial charge in [0.2, 0.25) is 0 Å². The van der Waals surface area contributed by atoms with Crippen LogP contribution < -0.4 is 5.32 Å². The van der Waals surface area contributed by atoms with E-state index in [1.165, 1.54) is 0 Å². The van der Waals surface area contributed by atoms with E-state index >= 15 is 0 Å². The minimum atomic E-state index is -0.938. The van der Waals surface area contributed by atoms with Gasteiger partial charge in [-0.2, -0.15) is 5.26 Å². The Morgan fingerprint density at radius 1 is 1.21 bits per heavy atom. The number of amides is 2. The van der Waals surface area contributed by atoms with Crippen molar-refractivity contribution in [3.05, 3.63) is 35.9 Å². The lowest BCUT2D eigenvalue weighted by Crippen LogP contribution is -2.48. The highest BCUT2D eigenvalue weighted by Gasteiger charge is 2.34. The van der Waals surface area contributed by atoms with Gasteiger partial charge in [0.05, 0.1) is 32.5 Å². The maximum Gasteiger partial charge on any atom is 0.410 e. The number of ether oxygens (including phenoxy) is 3. The molecule has 2 amide bonds. The van der Waals surface area contributed by atoms with Gasteiger partial charge >= 0.3 is 6.09 Å². The number of hydrogen-bond acceptors (Lipinski definition) is 6. The van der Waals surface area contributed by atoms with Crippen molar-refractivity contribution in [2.45, 2.75) is 64.7 Å². The van der Waals surface area contributed by atoms with Crippen LogP contribution in [0.4, 0.5) is 4.79 Å². The van der Waals surface area contributed by atoms with Crippen LogP contribution in [0.15, 0.2) is 30.3 Å². The first-order chi connectivity index (χ1) is 16.4. The van der Waals surface area contributed by atoms with Gasteiger partial charge in [-0.05, 0) is 49.0 Å². The van der Waals surface area contributed by atoms with E-state index < -0.39 is 24.1 Å². The third-order valence-corrected chi connectivity index (χ3v) is 6.68.